The Bertz CT molecular complexity index is 683. The first-order valence-electron chi connectivity index (χ1n) is 7.93. The molecule has 2 aliphatic rings. The van der Waals surface area contributed by atoms with Gasteiger partial charge in [-0.1, -0.05) is 12.5 Å². The number of imide groups is 1. The molecule has 0 aliphatic carbocycles. The van der Waals surface area contributed by atoms with Gasteiger partial charge in [0, 0.05) is 0 Å². The fraction of sp³-hybridized carbons (Fsp3) is 0.412. The number of amides is 2. The van der Waals surface area contributed by atoms with E-state index in [1.54, 1.807) is 18.2 Å². The van der Waals surface area contributed by atoms with Crippen molar-refractivity contribution in [1.29, 1.82) is 0 Å². The molecule has 0 radical (unpaired) electrons. The molecule has 0 aromatic heterocycles. The first kappa shape index (κ1) is 16.9. The Morgan fingerprint density at radius 3 is 2.71 bits per heavy atom. The van der Waals surface area contributed by atoms with E-state index in [2.05, 4.69) is 4.90 Å². The molecule has 24 heavy (non-hydrogen) atoms. The summed E-state index contributed by atoms with van der Waals surface area (Å²) in [6.07, 6.45) is 5.09. The van der Waals surface area contributed by atoms with Crippen LogP contribution in [0.25, 0.3) is 6.08 Å². The van der Waals surface area contributed by atoms with E-state index in [9.17, 15) is 14.7 Å². The number of phenolic OH excluding ortho intramolecular Hbond substituents is 1. The van der Waals surface area contributed by atoms with Crippen LogP contribution in [0, 0.1) is 0 Å². The second-order valence-corrected chi connectivity index (χ2v) is 6.85. The van der Waals surface area contributed by atoms with E-state index in [0.717, 1.165) is 37.7 Å². The van der Waals surface area contributed by atoms with E-state index in [1.807, 2.05) is 0 Å². The number of benzene rings is 1. The van der Waals surface area contributed by atoms with Crippen LogP contribution in [0.1, 0.15) is 24.8 Å². The van der Waals surface area contributed by atoms with Gasteiger partial charge in [-0.05, 0) is 61.5 Å². The topological polar surface area (TPSA) is 70.1 Å². The summed E-state index contributed by atoms with van der Waals surface area (Å²) >= 11 is 0.951. The Kier molecular flexibility index (Phi) is 5.11. The van der Waals surface area contributed by atoms with Crippen molar-refractivity contribution in [2.75, 3.05) is 26.9 Å². The molecule has 7 heteroatoms. The van der Waals surface area contributed by atoms with Gasteiger partial charge in [0.05, 0.1) is 18.7 Å². The lowest BCUT2D eigenvalue weighted by Gasteiger charge is -2.29. The molecule has 2 fully saturated rings. The minimum Gasteiger partial charge on any atom is -0.504 e. The number of carbonyl (C=O) groups excluding carboxylic acids is 2. The predicted molar refractivity (Wildman–Crippen MR) is 92.8 cm³/mol. The molecule has 6 nitrogen and oxygen atoms in total. The summed E-state index contributed by atoms with van der Waals surface area (Å²) in [6.45, 7) is 2.22. The number of hydrogen-bond donors (Lipinski definition) is 1. The molecular formula is C17H20N2O4S. The lowest BCUT2D eigenvalue weighted by Crippen LogP contribution is -2.42. The van der Waals surface area contributed by atoms with Crippen LogP contribution in [-0.2, 0) is 4.79 Å². The Balaban J connectivity index is 1.75. The number of aromatic hydroxyl groups is 1. The summed E-state index contributed by atoms with van der Waals surface area (Å²) in [5.41, 5.74) is 0.702. The molecule has 0 bridgehead atoms. The van der Waals surface area contributed by atoms with Crippen LogP contribution in [0.4, 0.5) is 4.79 Å². The second-order valence-electron chi connectivity index (χ2n) is 5.86. The van der Waals surface area contributed by atoms with Crippen molar-refractivity contribution < 1.29 is 19.4 Å². The van der Waals surface area contributed by atoms with Crippen LogP contribution >= 0.6 is 11.8 Å². The predicted octanol–water partition coefficient (Wildman–Crippen LogP) is 2.88. The number of rotatable bonds is 4. The van der Waals surface area contributed by atoms with Gasteiger partial charge in [0.25, 0.3) is 11.1 Å². The lowest BCUT2D eigenvalue weighted by molar-refractivity contribution is -0.124. The van der Waals surface area contributed by atoms with Crippen molar-refractivity contribution >= 4 is 29.0 Å². The summed E-state index contributed by atoms with van der Waals surface area (Å²) in [4.78, 5) is 28.5. The fourth-order valence-electron chi connectivity index (χ4n) is 2.86. The zero-order valence-electron chi connectivity index (χ0n) is 13.5. The number of likely N-dealkylation sites (tertiary alicyclic amines) is 1. The molecule has 0 spiro atoms. The molecule has 2 aliphatic heterocycles. The molecule has 2 saturated heterocycles. The highest BCUT2D eigenvalue weighted by molar-refractivity contribution is 8.18. The molecule has 3 rings (SSSR count). The van der Waals surface area contributed by atoms with E-state index in [0.29, 0.717) is 22.9 Å². The first-order chi connectivity index (χ1) is 11.6. The Labute approximate surface area is 145 Å². The van der Waals surface area contributed by atoms with Crippen molar-refractivity contribution in [3.63, 3.8) is 0 Å². The first-order valence-corrected chi connectivity index (χ1v) is 8.75. The molecular weight excluding hydrogens is 328 g/mol. The van der Waals surface area contributed by atoms with E-state index >= 15 is 0 Å². The van der Waals surface area contributed by atoms with E-state index in [-0.39, 0.29) is 16.9 Å². The Morgan fingerprint density at radius 1 is 1.25 bits per heavy atom. The number of carbonyl (C=O) groups is 2. The van der Waals surface area contributed by atoms with Crippen molar-refractivity contribution in [3.8, 4) is 11.5 Å². The van der Waals surface area contributed by atoms with Crippen molar-refractivity contribution in [2.24, 2.45) is 0 Å². The highest BCUT2D eigenvalue weighted by Crippen LogP contribution is 2.34. The third-order valence-electron chi connectivity index (χ3n) is 4.17. The highest BCUT2D eigenvalue weighted by atomic mass is 32.2. The van der Waals surface area contributed by atoms with Crippen LogP contribution in [0.15, 0.2) is 23.1 Å². The zero-order valence-corrected chi connectivity index (χ0v) is 14.3. The van der Waals surface area contributed by atoms with Gasteiger partial charge >= 0.3 is 0 Å². The third kappa shape index (κ3) is 3.57. The van der Waals surface area contributed by atoms with Crippen LogP contribution in [0.5, 0.6) is 11.5 Å². The fourth-order valence-corrected chi connectivity index (χ4v) is 3.69. The maximum absolute atomic E-state index is 12.5. The summed E-state index contributed by atoms with van der Waals surface area (Å²) in [6, 6.07) is 4.81. The molecule has 0 unspecified atom stereocenters. The van der Waals surface area contributed by atoms with E-state index < -0.39 is 0 Å². The summed E-state index contributed by atoms with van der Waals surface area (Å²) in [7, 11) is 1.46. The average molecular weight is 348 g/mol. The van der Waals surface area contributed by atoms with Gasteiger partial charge in [-0.15, -0.1) is 0 Å². The molecule has 0 saturated carbocycles. The van der Waals surface area contributed by atoms with Crippen molar-refractivity contribution in [2.45, 2.75) is 19.3 Å². The molecule has 2 heterocycles. The number of thioether (sulfide) groups is 1. The van der Waals surface area contributed by atoms with Crippen molar-refractivity contribution in [1.82, 2.24) is 9.80 Å². The monoisotopic (exact) mass is 348 g/mol. The lowest BCUT2D eigenvalue weighted by atomic mass is 10.1. The molecule has 1 aromatic rings. The van der Waals surface area contributed by atoms with Gasteiger partial charge in [-0.25, -0.2) is 0 Å². The number of phenols is 1. The summed E-state index contributed by atoms with van der Waals surface area (Å²) in [5, 5.41) is 9.39. The van der Waals surface area contributed by atoms with Crippen LogP contribution in [0.3, 0.4) is 0 Å². The maximum Gasteiger partial charge on any atom is 0.294 e. The van der Waals surface area contributed by atoms with Crippen LogP contribution in [-0.4, -0.2) is 52.9 Å². The number of hydrogen-bond acceptors (Lipinski definition) is 6. The van der Waals surface area contributed by atoms with Crippen molar-refractivity contribution in [3.05, 3.63) is 28.7 Å². The molecule has 1 N–H and O–H groups in total. The van der Waals surface area contributed by atoms with Gasteiger partial charge < -0.3 is 9.84 Å². The normalized spacial score (nSPS) is 20.9. The number of methoxy groups -OCH3 is 1. The van der Waals surface area contributed by atoms with Gasteiger partial charge in [0.2, 0.25) is 0 Å². The smallest absolute Gasteiger partial charge is 0.294 e. The Hall–Kier alpha value is -1.99. The van der Waals surface area contributed by atoms with Crippen LogP contribution < -0.4 is 4.74 Å². The molecule has 128 valence electrons. The number of nitrogens with zero attached hydrogens (tertiary/aromatic N) is 2. The molecule has 0 atom stereocenters. The number of piperidine rings is 1. The average Bonchev–Trinajstić information content (AvgIpc) is 2.85. The van der Waals surface area contributed by atoms with E-state index in [4.69, 9.17) is 4.74 Å². The van der Waals surface area contributed by atoms with Gasteiger partial charge in [0.1, 0.15) is 0 Å². The highest BCUT2D eigenvalue weighted by Gasteiger charge is 2.36. The summed E-state index contributed by atoms with van der Waals surface area (Å²) in [5.74, 6) is 0.103. The summed E-state index contributed by atoms with van der Waals surface area (Å²) < 4.78 is 5.06. The standard InChI is InChI=1S/C17H20N2O4S/c1-23-14-9-12(5-6-13(14)20)10-15-16(21)19(17(22)24-15)11-18-7-3-2-4-8-18/h5-6,9-10,20H,2-4,7-8,11H2,1H3. The maximum atomic E-state index is 12.5. The molecule has 1 aromatic carbocycles. The number of ether oxygens (including phenoxy) is 1. The Morgan fingerprint density at radius 2 is 2.00 bits per heavy atom. The van der Waals surface area contributed by atoms with Gasteiger partial charge in [-0.3, -0.25) is 19.4 Å². The minimum atomic E-state index is -0.261. The van der Waals surface area contributed by atoms with Gasteiger partial charge in [-0.2, -0.15) is 0 Å². The third-order valence-corrected chi connectivity index (χ3v) is 5.07. The zero-order chi connectivity index (χ0) is 17.1. The van der Waals surface area contributed by atoms with Gasteiger partial charge in [0.15, 0.2) is 11.5 Å². The van der Waals surface area contributed by atoms with Crippen LogP contribution in [0.2, 0.25) is 0 Å². The largest absolute Gasteiger partial charge is 0.504 e. The second kappa shape index (κ2) is 7.27. The minimum absolute atomic E-state index is 0.0350. The quantitative estimate of drug-likeness (QED) is 0.844. The van der Waals surface area contributed by atoms with E-state index in [1.165, 1.54) is 24.5 Å². The molecule has 2 amide bonds. The SMILES string of the molecule is COc1cc(C=C2SC(=O)N(CN3CCCCC3)C2=O)ccc1O.